The number of carbonyl (C=O) groups is 1. The fraction of sp³-hybridized carbons (Fsp3) is 0.536. The van der Waals surface area contributed by atoms with Crippen molar-refractivity contribution in [2.24, 2.45) is 0 Å². The van der Waals surface area contributed by atoms with Gasteiger partial charge in [-0.25, -0.2) is 13.2 Å². The average molecular weight is 583 g/mol. The van der Waals surface area contributed by atoms with Crippen LogP contribution in [0.25, 0.3) is 0 Å². The molecule has 3 rings (SSSR count). The maximum absolute atomic E-state index is 12.8. The van der Waals surface area contributed by atoms with Crippen molar-refractivity contribution < 1.29 is 23.1 Å². The van der Waals surface area contributed by atoms with Gasteiger partial charge in [0.05, 0.1) is 12.4 Å². The second kappa shape index (κ2) is 15.9. The quantitative estimate of drug-likeness (QED) is 0.312. The van der Waals surface area contributed by atoms with Crippen LogP contribution in [0.1, 0.15) is 51.5 Å². The van der Waals surface area contributed by atoms with Crippen LogP contribution < -0.4 is 14.8 Å². The number of carbonyl (C=O) groups excluding carboxylic acids is 1. The van der Waals surface area contributed by atoms with Gasteiger partial charge in [-0.15, -0.1) is 12.4 Å². The van der Waals surface area contributed by atoms with E-state index < -0.39 is 16.1 Å². The average Bonchev–Trinajstić information content (AvgIpc) is 2.86. The maximum Gasteiger partial charge on any atom is 0.317 e. The topological polar surface area (TPSA) is 111 Å². The number of aliphatic hydroxyl groups is 1. The first kappa shape index (κ1) is 32.7. The third kappa shape index (κ3) is 12.0. The lowest BCUT2D eigenvalue weighted by Gasteiger charge is -2.34. The molecule has 3 N–H and O–H groups in total. The van der Waals surface area contributed by atoms with Crippen molar-refractivity contribution in [1.29, 1.82) is 0 Å². The van der Waals surface area contributed by atoms with Gasteiger partial charge >= 0.3 is 6.03 Å². The lowest BCUT2D eigenvalue weighted by Crippen LogP contribution is -2.49. The highest BCUT2D eigenvalue weighted by atomic mass is 35.5. The van der Waals surface area contributed by atoms with Crippen molar-refractivity contribution in [3.05, 3.63) is 54.1 Å². The summed E-state index contributed by atoms with van der Waals surface area (Å²) in [6.45, 7) is 7.84. The number of aliphatic hydroxyl groups excluding tert-OH is 1. The first-order valence-corrected chi connectivity index (χ1v) is 15.3. The Balaban J connectivity index is 0.00000533. The number of hydrogen-bond donors (Lipinski definition) is 3. The van der Waals surface area contributed by atoms with Gasteiger partial charge in [-0.2, -0.15) is 0 Å². The van der Waals surface area contributed by atoms with E-state index in [9.17, 15) is 18.3 Å². The van der Waals surface area contributed by atoms with Crippen LogP contribution in [0.15, 0.2) is 48.5 Å². The molecule has 0 radical (unpaired) electrons. The monoisotopic (exact) mass is 582 g/mol. The first-order chi connectivity index (χ1) is 18.1. The molecule has 2 aromatic rings. The van der Waals surface area contributed by atoms with E-state index in [1.54, 1.807) is 31.2 Å². The first-order valence-electron chi connectivity index (χ1n) is 13.4. The number of anilines is 1. The van der Waals surface area contributed by atoms with Crippen LogP contribution in [0.4, 0.5) is 10.5 Å². The summed E-state index contributed by atoms with van der Waals surface area (Å²) in [4.78, 5) is 17.1. The molecule has 1 aliphatic heterocycles. The summed E-state index contributed by atoms with van der Waals surface area (Å²) in [5.74, 6) is 1.34. The number of ether oxygens (including phenoxy) is 1. The van der Waals surface area contributed by atoms with E-state index in [2.05, 4.69) is 34.0 Å². The number of sulfonamides is 1. The van der Waals surface area contributed by atoms with E-state index >= 15 is 0 Å². The van der Waals surface area contributed by atoms with Crippen LogP contribution >= 0.6 is 12.4 Å². The fourth-order valence-corrected chi connectivity index (χ4v) is 4.93. The van der Waals surface area contributed by atoms with Gasteiger partial charge in [-0.1, -0.05) is 25.5 Å². The maximum atomic E-state index is 12.8. The molecule has 1 saturated heterocycles. The molecule has 0 spiro atoms. The van der Waals surface area contributed by atoms with Gasteiger partial charge in [0, 0.05) is 44.5 Å². The van der Waals surface area contributed by atoms with Crippen LogP contribution in [0, 0.1) is 0 Å². The summed E-state index contributed by atoms with van der Waals surface area (Å²) < 4.78 is 31.0. The van der Waals surface area contributed by atoms with Gasteiger partial charge in [0.15, 0.2) is 0 Å². The zero-order valence-corrected chi connectivity index (χ0v) is 24.8. The Morgan fingerprint density at radius 1 is 1.08 bits per heavy atom. The molecule has 2 aromatic carbocycles. The Labute approximate surface area is 239 Å². The van der Waals surface area contributed by atoms with Crippen molar-refractivity contribution in [3.8, 4) is 11.5 Å². The van der Waals surface area contributed by atoms with Gasteiger partial charge < -0.3 is 20.1 Å². The van der Waals surface area contributed by atoms with Crippen molar-refractivity contribution >= 4 is 34.1 Å². The Bertz CT molecular complexity index is 1110. The largest absolute Gasteiger partial charge is 0.457 e. The van der Waals surface area contributed by atoms with Gasteiger partial charge in [-0.3, -0.25) is 9.62 Å². The SMILES string of the molecule is CCCCN(CCC(C)O)C(=O)NC1CCN(Cc2ccc(Oc3ccc(NS(C)(=O)=O)cc3)cc2)CC1.Cl. The molecule has 1 aliphatic rings. The normalized spacial score (nSPS) is 15.2. The molecule has 39 heavy (non-hydrogen) atoms. The molecule has 218 valence electrons. The highest BCUT2D eigenvalue weighted by Crippen LogP contribution is 2.24. The highest BCUT2D eigenvalue weighted by molar-refractivity contribution is 7.92. The minimum Gasteiger partial charge on any atom is -0.457 e. The van der Waals surface area contributed by atoms with Gasteiger partial charge in [0.2, 0.25) is 10.0 Å². The molecular formula is C28H43ClN4O5S. The number of halogens is 1. The number of piperidine rings is 1. The molecule has 9 nitrogen and oxygen atoms in total. The van der Waals surface area contributed by atoms with Crippen LogP contribution in [-0.2, 0) is 16.6 Å². The van der Waals surface area contributed by atoms with Crippen molar-refractivity contribution in [3.63, 3.8) is 0 Å². The predicted molar refractivity (Wildman–Crippen MR) is 158 cm³/mol. The summed E-state index contributed by atoms with van der Waals surface area (Å²) >= 11 is 0. The second-order valence-corrected chi connectivity index (χ2v) is 11.9. The number of urea groups is 1. The molecule has 0 bridgehead atoms. The number of unbranched alkanes of at least 4 members (excludes halogenated alkanes) is 1. The highest BCUT2D eigenvalue weighted by Gasteiger charge is 2.23. The van der Waals surface area contributed by atoms with E-state index in [1.807, 2.05) is 17.0 Å². The van der Waals surface area contributed by atoms with Gasteiger partial charge in [0.1, 0.15) is 11.5 Å². The van der Waals surface area contributed by atoms with Gasteiger partial charge in [-0.05, 0) is 74.6 Å². The molecule has 1 heterocycles. The van der Waals surface area contributed by atoms with E-state index in [0.29, 0.717) is 30.2 Å². The number of nitrogens with one attached hydrogen (secondary N) is 2. The number of hydrogen-bond acceptors (Lipinski definition) is 6. The number of nitrogens with zero attached hydrogens (tertiary/aromatic N) is 2. The third-order valence-electron chi connectivity index (χ3n) is 6.52. The number of rotatable bonds is 13. The minimum absolute atomic E-state index is 0. The van der Waals surface area contributed by atoms with Crippen LogP contribution in [0.3, 0.4) is 0 Å². The van der Waals surface area contributed by atoms with E-state index in [-0.39, 0.29) is 24.5 Å². The molecule has 0 aliphatic carbocycles. The molecule has 0 saturated carbocycles. The molecule has 1 fully saturated rings. The lowest BCUT2D eigenvalue weighted by molar-refractivity contribution is 0.147. The van der Waals surface area contributed by atoms with Crippen molar-refractivity contribution in [2.75, 3.05) is 37.2 Å². The van der Waals surface area contributed by atoms with Crippen molar-refractivity contribution in [2.45, 2.75) is 64.6 Å². The number of amides is 2. The van der Waals surface area contributed by atoms with Crippen molar-refractivity contribution in [1.82, 2.24) is 15.1 Å². The summed E-state index contributed by atoms with van der Waals surface area (Å²) in [7, 11) is -3.31. The zero-order valence-electron chi connectivity index (χ0n) is 23.1. The lowest BCUT2D eigenvalue weighted by atomic mass is 10.0. The standard InChI is InChI=1S/C28H42N4O5S.ClH/c1-4-5-17-32(20-14-22(2)33)28(34)29-24-15-18-31(19-16-24)21-23-6-10-26(11-7-23)37-27-12-8-25(9-13-27)30-38(3,35)36;/h6-13,22,24,30,33H,4-5,14-21H2,1-3H3,(H,29,34);1H. The molecule has 2 amide bonds. The van der Waals surface area contributed by atoms with E-state index in [0.717, 1.165) is 58.1 Å². The Morgan fingerprint density at radius 2 is 1.67 bits per heavy atom. The summed E-state index contributed by atoms with van der Waals surface area (Å²) in [6, 6.07) is 14.9. The Kier molecular flexibility index (Phi) is 13.3. The fourth-order valence-electron chi connectivity index (χ4n) is 4.37. The second-order valence-electron chi connectivity index (χ2n) is 10.1. The van der Waals surface area contributed by atoms with Crippen LogP contribution in [0.2, 0.25) is 0 Å². The molecule has 1 atom stereocenters. The summed E-state index contributed by atoms with van der Waals surface area (Å²) in [6.07, 6.45) is 5.11. The van der Waals surface area contributed by atoms with E-state index in [4.69, 9.17) is 4.74 Å². The molecule has 11 heteroatoms. The van der Waals surface area contributed by atoms with Gasteiger partial charge in [0.25, 0.3) is 0 Å². The third-order valence-corrected chi connectivity index (χ3v) is 7.13. The number of likely N-dealkylation sites (tertiary alicyclic amines) is 1. The summed E-state index contributed by atoms with van der Waals surface area (Å²) in [5, 5.41) is 12.8. The Hall–Kier alpha value is -2.53. The summed E-state index contributed by atoms with van der Waals surface area (Å²) in [5.41, 5.74) is 1.68. The zero-order chi connectivity index (χ0) is 27.5. The Morgan fingerprint density at radius 3 is 2.21 bits per heavy atom. The molecular weight excluding hydrogens is 540 g/mol. The van der Waals surface area contributed by atoms with Crippen LogP contribution in [0.5, 0.6) is 11.5 Å². The predicted octanol–water partition coefficient (Wildman–Crippen LogP) is 4.82. The smallest absolute Gasteiger partial charge is 0.317 e. The van der Waals surface area contributed by atoms with E-state index in [1.165, 1.54) is 5.56 Å². The number of benzene rings is 2. The minimum atomic E-state index is -3.31. The molecule has 0 aromatic heterocycles. The molecule has 1 unspecified atom stereocenters. The van der Waals surface area contributed by atoms with Crippen LogP contribution in [-0.4, -0.2) is 73.9 Å².